The highest BCUT2D eigenvalue weighted by atomic mass is 16.5. The number of carbonyl (C=O) groups is 1. The highest BCUT2D eigenvalue weighted by Crippen LogP contribution is 2.32. The van der Waals surface area contributed by atoms with Crippen LogP contribution in [0.25, 0.3) is 0 Å². The van der Waals surface area contributed by atoms with Crippen LogP contribution in [0.15, 0.2) is 24.3 Å². The van der Waals surface area contributed by atoms with Crippen molar-refractivity contribution in [2.75, 3.05) is 20.2 Å². The summed E-state index contributed by atoms with van der Waals surface area (Å²) in [5.74, 6) is 1.50. The second-order valence-corrected chi connectivity index (χ2v) is 7.12. The van der Waals surface area contributed by atoms with Crippen LogP contribution in [0, 0.1) is 5.92 Å². The summed E-state index contributed by atoms with van der Waals surface area (Å²) in [7, 11) is 1.61. The van der Waals surface area contributed by atoms with Gasteiger partial charge in [-0.2, -0.15) is 0 Å². The highest BCUT2D eigenvalue weighted by Gasteiger charge is 2.41. The van der Waals surface area contributed by atoms with Gasteiger partial charge < -0.3 is 20.5 Å². The van der Waals surface area contributed by atoms with E-state index in [0.717, 1.165) is 43.5 Å². The number of aliphatic hydroxyl groups excluding tert-OH is 1. The Morgan fingerprint density at radius 1 is 1.38 bits per heavy atom. The van der Waals surface area contributed by atoms with Crippen molar-refractivity contribution in [2.24, 2.45) is 5.92 Å². The molecule has 1 atom stereocenters. The molecule has 0 bridgehead atoms. The lowest BCUT2D eigenvalue weighted by atomic mass is 9.95. The summed E-state index contributed by atoms with van der Waals surface area (Å²) in [6, 6.07) is 7.43. The van der Waals surface area contributed by atoms with Gasteiger partial charge in [-0.3, -0.25) is 4.79 Å². The molecule has 24 heavy (non-hydrogen) atoms. The molecule has 1 unspecified atom stereocenters. The van der Waals surface area contributed by atoms with Crippen LogP contribution in [0.2, 0.25) is 0 Å². The number of hydrogen-bond donors (Lipinski definition) is 3. The quantitative estimate of drug-likeness (QED) is 0.682. The van der Waals surface area contributed by atoms with Gasteiger partial charge in [0.05, 0.1) is 18.8 Å². The van der Waals surface area contributed by atoms with E-state index in [-0.39, 0.29) is 5.91 Å². The summed E-state index contributed by atoms with van der Waals surface area (Å²) < 4.78 is 5.21. The normalized spacial score (nSPS) is 20.6. The first-order valence-corrected chi connectivity index (χ1v) is 8.98. The molecule has 0 spiro atoms. The predicted molar refractivity (Wildman–Crippen MR) is 92.9 cm³/mol. The van der Waals surface area contributed by atoms with E-state index >= 15 is 0 Å². The molecule has 2 saturated carbocycles. The van der Waals surface area contributed by atoms with Crippen molar-refractivity contribution in [3.8, 4) is 5.75 Å². The molecule has 5 nitrogen and oxygen atoms in total. The SMILES string of the molecule is COc1cccc(C(O)CNC2(C(=O)NCC3CC3)CCCC2)c1. The minimum absolute atomic E-state index is 0.102. The number of aliphatic hydroxyl groups is 1. The van der Waals surface area contributed by atoms with E-state index < -0.39 is 11.6 Å². The molecule has 0 heterocycles. The molecule has 0 aromatic heterocycles. The summed E-state index contributed by atoms with van der Waals surface area (Å²) in [5, 5.41) is 17.0. The van der Waals surface area contributed by atoms with Crippen molar-refractivity contribution in [2.45, 2.75) is 50.2 Å². The molecule has 2 fully saturated rings. The Bertz CT molecular complexity index is 565. The Morgan fingerprint density at radius 3 is 2.79 bits per heavy atom. The summed E-state index contributed by atoms with van der Waals surface area (Å²) >= 11 is 0. The fraction of sp³-hybridized carbons (Fsp3) is 0.632. The highest BCUT2D eigenvalue weighted by molar-refractivity contribution is 5.86. The number of benzene rings is 1. The van der Waals surface area contributed by atoms with E-state index in [1.54, 1.807) is 7.11 Å². The third kappa shape index (κ3) is 4.08. The van der Waals surface area contributed by atoms with Gasteiger partial charge in [0.2, 0.25) is 5.91 Å². The van der Waals surface area contributed by atoms with Gasteiger partial charge in [0.1, 0.15) is 5.75 Å². The van der Waals surface area contributed by atoms with Crippen LogP contribution in [0.4, 0.5) is 0 Å². The van der Waals surface area contributed by atoms with Gasteiger partial charge in [-0.1, -0.05) is 25.0 Å². The third-order valence-electron chi connectivity index (χ3n) is 5.25. The summed E-state index contributed by atoms with van der Waals surface area (Å²) in [6.45, 7) is 1.16. The Morgan fingerprint density at radius 2 is 2.12 bits per heavy atom. The summed E-state index contributed by atoms with van der Waals surface area (Å²) in [4.78, 5) is 12.7. The maximum atomic E-state index is 12.7. The largest absolute Gasteiger partial charge is 0.497 e. The second kappa shape index (κ2) is 7.53. The fourth-order valence-corrected chi connectivity index (χ4v) is 3.45. The van der Waals surface area contributed by atoms with Crippen LogP contribution in [-0.2, 0) is 4.79 Å². The molecule has 1 aromatic carbocycles. The van der Waals surface area contributed by atoms with Crippen molar-refractivity contribution in [1.82, 2.24) is 10.6 Å². The Labute approximate surface area is 143 Å². The van der Waals surface area contributed by atoms with E-state index in [0.29, 0.717) is 12.5 Å². The number of amides is 1. The minimum atomic E-state index is -0.659. The maximum Gasteiger partial charge on any atom is 0.240 e. The van der Waals surface area contributed by atoms with E-state index in [2.05, 4.69) is 10.6 Å². The predicted octanol–water partition coefficient (Wildman–Crippen LogP) is 2.16. The number of β-amino-alcohol motifs (C(OH)–C–C–N with tert-alkyl or cyclic N) is 1. The molecule has 5 heteroatoms. The summed E-state index contributed by atoms with van der Waals surface area (Å²) in [6.07, 6.45) is 5.60. The van der Waals surface area contributed by atoms with Gasteiger partial charge in [-0.25, -0.2) is 0 Å². The molecule has 1 amide bonds. The van der Waals surface area contributed by atoms with Crippen LogP contribution in [0.3, 0.4) is 0 Å². The molecule has 2 aliphatic carbocycles. The van der Waals surface area contributed by atoms with Crippen LogP contribution >= 0.6 is 0 Å². The van der Waals surface area contributed by atoms with Gasteiger partial charge in [0, 0.05) is 13.1 Å². The number of ether oxygens (including phenoxy) is 1. The van der Waals surface area contributed by atoms with Crippen molar-refractivity contribution in [3.63, 3.8) is 0 Å². The number of carbonyl (C=O) groups excluding carboxylic acids is 1. The van der Waals surface area contributed by atoms with Crippen molar-refractivity contribution >= 4 is 5.91 Å². The fourth-order valence-electron chi connectivity index (χ4n) is 3.45. The molecule has 132 valence electrons. The first kappa shape index (κ1) is 17.2. The molecule has 1 aromatic rings. The van der Waals surface area contributed by atoms with Gasteiger partial charge in [-0.05, 0) is 49.3 Å². The third-order valence-corrected chi connectivity index (χ3v) is 5.25. The number of nitrogens with one attached hydrogen (secondary N) is 2. The van der Waals surface area contributed by atoms with Crippen LogP contribution < -0.4 is 15.4 Å². The van der Waals surface area contributed by atoms with E-state index in [1.165, 1.54) is 12.8 Å². The lowest BCUT2D eigenvalue weighted by Gasteiger charge is -2.30. The second-order valence-electron chi connectivity index (χ2n) is 7.12. The zero-order valence-corrected chi connectivity index (χ0v) is 14.4. The van der Waals surface area contributed by atoms with Crippen LogP contribution in [-0.4, -0.2) is 36.8 Å². The van der Waals surface area contributed by atoms with Crippen molar-refractivity contribution in [1.29, 1.82) is 0 Å². The van der Waals surface area contributed by atoms with E-state index in [1.807, 2.05) is 24.3 Å². The minimum Gasteiger partial charge on any atom is -0.497 e. The summed E-state index contributed by atoms with van der Waals surface area (Å²) in [5.41, 5.74) is 0.280. The Kier molecular flexibility index (Phi) is 5.41. The van der Waals surface area contributed by atoms with E-state index in [9.17, 15) is 9.90 Å². The van der Waals surface area contributed by atoms with Crippen LogP contribution in [0.5, 0.6) is 5.75 Å². The maximum absolute atomic E-state index is 12.7. The molecule has 0 saturated heterocycles. The Balaban J connectivity index is 1.59. The molecule has 3 rings (SSSR count). The van der Waals surface area contributed by atoms with Gasteiger partial charge in [0.25, 0.3) is 0 Å². The topological polar surface area (TPSA) is 70.6 Å². The average molecular weight is 332 g/mol. The molecule has 2 aliphatic rings. The van der Waals surface area contributed by atoms with Crippen molar-refractivity contribution < 1.29 is 14.6 Å². The molecule has 0 aliphatic heterocycles. The molecule has 0 radical (unpaired) electrons. The first-order chi connectivity index (χ1) is 11.6. The Hall–Kier alpha value is -1.59. The molecule has 3 N–H and O–H groups in total. The smallest absolute Gasteiger partial charge is 0.240 e. The van der Waals surface area contributed by atoms with E-state index in [4.69, 9.17) is 4.74 Å². The monoisotopic (exact) mass is 332 g/mol. The molecular weight excluding hydrogens is 304 g/mol. The number of methoxy groups -OCH3 is 1. The number of rotatable bonds is 8. The zero-order chi connectivity index (χ0) is 17.0. The van der Waals surface area contributed by atoms with Gasteiger partial charge in [-0.15, -0.1) is 0 Å². The first-order valence-electron chi connectivity index (χ1n) is 8.98. The van der Waals surface area contributed by atoms with Crippen LogP contribution in [0.1, 0.15) is 50.2 Å². The van der Waals surface area contributed by atoms with Crippen molar-refractivity contribution in [3.05, 3.63) is 29.8 Å². The van der Waals surface area contributed by atoms with Gasteiger partial charge >= 0.3 is 0 Å². The zero-order valence-electron chi connectivity index (χ0n) is 14.4. The average Bonchev–Trinajstić information content (AvgIpc) is 3.33. The standard InChI is InChI=1S/C19H28N2O3/c1-24-16-6-4-5-15(11-16)17(22)13-21-19(9-2-3-10-19)18(23)20-12-14-7-8-14/h4-6,11,14,17,21-22H,2-3,7-10,12-13H2,1H3,(H,20,23). The lowest BCUT2D eigenvalue weighted by molar-refractivity contribution is -0.127. The van der Waals surface area contributed by atoms with Gasteiger partial charge in [0.15, 0.2) is 0 Å². The number of hydrogen-bond acceptors (Lipinski definition) is 4. The lowest BCUT2D eigenvalue weighted by Crippen LogP contribution is -2.56. The molecular formula is C19H28N2O3.